The van der Waals surface area contributed by atoms with Crippen LogP contribution in [0.3, 0.4) is 0 Å². The molecule has 0 saturated heterocycles. The number of hydrogen-bond donors (Lipinski definition) is 1. The highest BCUT2D eigenvalue weighted by Gasteiger charge is 2.14. The Labute approximate surface area is 115 Å². The fourth-order valence-corrected chi connectivity index (χ4v) is 2.88. The average Bonchev–Trinajstić information content (AvgIpc) is 2.20. The molecule has 1 rings (SSSR count). The van der Waals surface area contributed by atoms with Gasteiger partial charge in [0, 0.05) is 25.2 Å². The lowest BCUT2D eigenvalue weighted by Crippen LogP contribution is -2.41. The molecule has 0 atom stereocenters. The summed E-state index contributed by atoms with van der Waals surface area (Å²) in [6, 6.07) is 0. The second kappa shape index (κ2) is 8.16. The van der Waals surface area contributed by atoms with Gasteiger partial charge in [-0.15, -0.1) is 0 Å². The van der Waals surface area contributed by atoms with Crippen LogP contribution in [0, 0.1) is 5.92 Å². The molecule has 108 valence electrons. The highest BCUT2D eigenvalue weighted by Crippen LogP contribution is 2.22. The monoisotopic (exact) mass is 254 g/mol. The van der Waals surface area contributed by atoms with Crippen LogP contribution in [0.15, 0.2) is 0 Å². The third-order valence-corrected chi connectivity index (χ3v) is 3.94. The van der Waals surface area contributed by atoms with Crippen LogP contribution in [0.5, 0.6) is 0 Å². The molecule has 0 aromatic heterocycles. The summed E-state index contributed by atoms with van der Waals surface area (Å²) in [5.41, 5.74) is 0.251. The van der Waals surface area contributed by atoms with Crippen molar-refractivity contribution in [2.45, 2.75) is 71.3 Å². The Morgan fingerprint density at radius 3 is 2.11 bits per heavy atom. The maximum Gasteiger partial charge on any atom is 0.0104 e. The molecule has 0 unspecified atom stereocenters. The van der Waals surface area contributed by atoms with Crippen LogP contribution in [-0.4, -0.2) is 37.1 Å². The minimum Gasteiger partial charge on any atom is -0.311 e. The molecule has 2 heteroatoms. The van der Waals surface area contributed by atoms with E-state index >= 15 is 0 Å². The van der Waals surface area contributed by atoms with E-state index < -0.39 is 0 Å². The van der Waals surface area contributed by atoms with Crippen LogP contribution in [0.2, 0.25) is 0 Å². The number of rotatable bonds is 5. The second-order valence-corrected chi connectivity index (χ2v) is 7.15. The van der Waals surface area contributed by atoms with Crippen molar-refractivity contribution in [1.82, 2.24) is 10.2 Å². The van der Waals surface area contributed by atoms with Crippen molar-refractivity contribution < 1.29 is 0 Å². The maximum absolute atomic E-state index is 3.57. The third kappa shape index (κ3) is 8.10. The Hall–Kier alpha value is -0.0800. The average molecular weight is 254 g/mol. The molecule has 1 saturated carbocycles. The lowest BCUT2D eigenvalue weighted by Gasteiger charge is -2.27. The molecule has 0 aromatic rings. The first kappa shape index (κ1) is 16.0. The summed E-state index contributed by atoms with van der Waals surface area (Å²) in [5.74, 6) is 0.949. The van der Waals surface area contributed by atoms with Crippen molar-refractivity contribution in [3.63, 3.8) is 0 Å². The summed E-state index contributed by atoms with van der Waals surface area (Å²) >= 11 is 0. The summed E-state index contributed by atoms with van der Waals surface area (Å²) in [6.07, 6.45) is 10.2. The summed E-state index contributed by atoms with van der Waals surface area (Å²) in [6.45, 7) is 10.3. The molecule has 0 bridgehead atoms. The number of nitrogens with one attached hydrogen (secondary N) is 1. The van der Waals surface area contributed by atoms with E-state index in [0.29, 0.717) is 0 Å². The molecule has 0 radical (unpaired) electrons. The molecule has 0 aromatic carbocycles. The van der Waals surface area contributed by atoms with Gasteiger partial charge in [0.25, 0.3) is 0 Å². The maximum atomic E-state index is 3.57. The molecule has 1 aliphatic carbocycles. The largest absolute Gasteiger partial charge is 0.311 e. The van der Waals surface area contributed by atoms with Crippen molar-refractivity contribution in [2.24, 2.45) is 5.92 Å². The van der Waals surface area contributed by atoms with E-state index in [4.69, 9.17) is 0 Å². The van der Waals surface area contributed by atoms with E-state index in [2.05, 4.69) is 38.0 Å². The van der Waals surface area contributed by atoms with Gasteiger partial charge in [0.1, 0.15) is 0 Å². The molecule has 2 nitrogen and oxygen atoms in total. The molecule has 0 spiro atoms. The standard InChI is InChI=1S/C16H34N2/c1-16(2,3)17-12-13-18(4)14-15-10-8-6-5-7-9-11-15/h15,17H,5-14H2,1-4H3. The smallest absolute Gasteiger partial charge is 0.0104 e. The molecular weight excluding hydrogens is 220 g/mol. The van der Waals surface area contributed by atoms with Crippen LogP contribution in [-0.2, 0) is 0 Å². The van der Waals surface area contributed by atoms with Crippen LogP contribution >= 0.6 is 0 Å². The topological polar surface area (TPSA) is 15.3 Å². The van der Waals surface area contributed by atoms with E-state index in [-0.39, 0.29) is 5.54 Å². The summed E-state index contributed by atoms with van der Waals surface area (Å²) < 4.78 is 0. The first-order valence-corrected chi connectivity index (χ1v) is 7.91. The van der Waals surface area contributed by atoms with E-state index in [1.54, 1.807) is 0 Å². The molecular formula is C16H34N2. The van der Waals surface area contributed by atoms with Gasteiger partial charge >= 0.3 is 0 Å². The van der Waals surface area contributed by atoms with E-state index in [9.17, 15) is 0 Å². The van der Waals surface area contributed by atoms with Gasteiger partial charge in [-0.25, -0.2) is 0 Å². The Balaban J connectivity index is 2.15. The van der Waals surface area contributed by atoms with Gasteiger partial charge in [0.2, 0.25) is 0 Å². The van der Waals surface area contributed by atoms with E-state index in [1.165, 1.54) is 58.0 Å². The molecule has 0 aliphatic heterocycles. The Kier molecular flexibility index (Phi) is 7.25. The highest BCUT2D eigenvalue weighted by molar-refractivity contribution is 4.72. The van der Waals surface area contributed by atoms with Crippen LogP contribution < -0.4 is 5.32 Å². The Morgan fingerprint density at radius 2 is 1.56 bits per heavy atom. The van der Waals surface area contributed by atoms with Crippen LogP contribution in [0.25, 0.3) is 0 Å². The van der Waals surface area contributed by atoms with Gasteiger partial charge < -0.3 is 10.2 Å². The minimum absolute atomic E-state index is 0.251. The number of likely N-dealkylation sites (N-methyl/N-ethyl adjacent to an activating group) is 1. The van der Waals surface area contributed by atoms with Gasteiger partial charge in [-0.3, -0.25) is 0 Å². The van der Waals surface area contributed by atoms with Gasteiger partial charge in [0.15, 0.2) is 0 Å². The molecule has 0 heterocycles. The molecule has 0 amide bonds. The molecule has 1 N–H and O–H groups in total. The van der Waals surface area contributed by atoms with Crippen molar-refractivity contribution >= 4 is 0 Å². The van der Waals surface area contributed by atoms with Gasteiger partial charge in [0.05, 0.1) is 0 Å². The second-order valence-electron chi connectivity index (χ2n) is 7.15. The predicted molar refractivity (Wildman–Crippen MR) is 81.1 cm³/mol. The summed E-state index contributed by atoms with van der Waals surface area (Å²) in [5, 5.41) is 3.57. The van der Waals surface area contributed by atoms with Gasteiger partial charge in [-0.2, -0.15) is 0 Å². The Bertz CT molecular complexity index is 200. The first-order chi connectivity index (χ1) is 8.47. The molecule has 18 heavy (non-hydrogen) atoms. The quantitative estimate of drug-likeness (QED) is 0.805. The number of hydrogen-bond acceptors (Lipinski definition) is 2. The fourth-order valence-electron chi connectivity index (χ4n) is 2.88. The zero-order chi connectivity index (χ0) is 13.4. The van der Waals surface area contributed by atoms with Crippen LogP contribution in [0.1, 0.15) is 65.7 Å². The first-order valence-electron chi connectivity index (χ1n) is 7.91. The summed E-state index contributed by atoms with van der Waals surface area (Å²) in [4.78, 5) is 2.52. The van der Waals surface area contributed by atoms with Crippen molar-refractivity contribution in [1.29, 1.82) is 0 Å². The molecule has 1 fully saturated rings. The minimum atomic E-state index is 0.251. The zero-order valence-electron chi connectivity index (χ0n) is 13.1. The zero-order valence-corrected chi connectivity index (χ0v) is 13.1. The third-order valence-electron chi connectivity index (χ3n) is 3.94. The van der Waals surface area contributed by atoms with Crippen molar-refractivity contribution in [3.8, 4) is 0 Å². The lowest BCUT2D eigenvalue weighted by molar-refractivity contribution is 0.237. The van der Waals surface area contributed by atoms with E-state index in [1.807, 2.05) is 0 Å². The number of nitrogens with zero attached hydrogens (tertiary/aromatic N) is 1. The fraction of sp³-hybridized carbons (Fsp3) is 1.00. The predicted octanol–water partition coefficient (Wildman–Crippen LogP) is 3.67. The normalized spacial score (nSPS) is 19.8. The van der Waals surface area contributed by atoms with Gasteiger partial charge in [-0.1, -0.05) is 32.1 Å². The van der Waals surface area contributed by atoms with E-state index in [0.717, 1.165) is 12.5 Å². The Morgan fingerprint density at radius 1 is 1.00 bits per heavy atom. The van der Waals surface area contributed by atoms with Crippen molar-refractivity contribution in [3.05, 3.63) is 0 Å². The molecule has 1 aliphatic rings. The van der Waals surface area contributed by atoms with Crippen molar-refractivity contribution in [2.75, 3.05) is 26.7 Å². The summed E-state index contributed by atoms with van der Waals surface area (Å²) in [7, 11) is 2.28. The van der Waals surface area contributed by atoms with Gasteiger partial charge in [-0.05, 0) is 46.6 Å². The van der Waals surface area contributed by atoms with Crippen LogP contribution in [0.4, 0.5) is 0 Å². The highest BCUT2D eigenvalue weighted by atomic mass is 15.1. The SMILES string of the molecule is CN(CCNC(C)(C)C)CC1CCCCCCC1. The lowest BCUT2D eigenvalue weighted by atomic mass is 9.91.